The van der Waals surface area contributed by atoms with E-state index in [9.17, 15) is 0 Å². The molecule has 1 aliphatic carbocycles. The zero-order valence-electron chi connectivity index (χ0n) is 12.9. The highest BCUT2D eigenvalue weighted by molar-refractivity contribution is 5.62. The van der Waals surface area contributed by atoms with Gasteiger partial charge < -0.3 is 19.5 Å². The number of benzene rings is 1. The Morgan fingerprint density at radius 3 is 2.00 bits per heavy atom. The number of hydrogen-bond donors (Lipinski definition) is 1. The Morgan fingerprint density at radius 1 is 1.00 bits per heavy atom. The molecule has 4 nitrogen and oxygen atoms in total. The standard InChI is InChI=1S/C16H25NO3/c1-11(12-7-5-6-8-12)17-13-9-14(18-2)16(20-4)15(10-13)19-3/h9-12,17H,5-8H2,1-4H3. The van der Waals surface area contributed by atoms with Gasteiger partial charge in [-0.25, -0.2) is 0 Å². The van der Waals surface area contributed by atoms with E-state index in [1.54, 1.807) is 21.3 Å². The number of nitrogens with one attached hydrogen (secondary N) is 1. The summed E-state index contributed by atoms with van der Waals surface area (Å²) in [6, 6.07) is 4.39. The molecule has 0 aliphatic heterocycles. The lowest BCUT2D eigenvalue weighted by Gasteiger charge is -2.23. The first-order valence-corrected chi connectivity index (χ1v) is 7.26. The molecule has 1 saturated carbocycles. The molecule has 1 atom stereocenters. The normalized spacial score (nSPS) is 16.8. The van der Waals surface area contributed by atoms with Crippen molar-refractivity contribution in [3.05, 3.63) is 12.1 Å². The Kier molecular flexibility index (Phi) is 4.99. The minimum absolute atomic E-state index is 0.459. The maximum atomic E-state index is 5.38. The van der Waals surface area contributed by atoms with Crippen LogP contribution < -0.4 is 19.5 Å². The second-order valence-corrected chi connectivity index (χ2v) is 5.39. The van der Waals surface area contributed by atoms with Crippen molar-refractivity contribution in [2.45, 2.75) is 38.6 Å². The van der Waals surface area contributed by atoms with Crippen LogP contribution in [0.2, 0.25) is 0 Å². The highest BCUT2D eigenvalue weighted by Crippen LogP contribution is 2.40. The average Bonchev–Trinajstić information content (AvgIpc) is 3.00. The minimum atomic E-state index is 0.459. The number of ether oxygens (including phenoxy) is 3. The third-order valence-electron chi connectivity index (χ3n) is 4.17. The number of anilines is 1. The largest absolute Gasteiger partial charge is 0.493 e. The van der Waals surface area contributed by atoms with Crippen LogP contribution in [0, 0.1) is 5.92 Å². The van der Waals surface area contributed by atoms with Crippen LogP contribution in [0.4, 0.5) is 5.69 Å². The number of rotatable bonds is 6. The van der Waals surface area contributed by atoms with Gasteiger partial charge in [-0.1, -0.05) is 12.8 Å². The maximum absolute atomic E-state index is 5.38. The first kappa shape index (κ1) is 14.8. The molecular weight excluding hydrogens is 254 g/mol. The van der Waals surface area contributed by atoms with Crippen LogP contribution >= 0.6 is 0 Å². The smallest absolute Gasteiger partial charge is 0.203 e. The van der Waals surface area contributed by atoms with Crippen molar-refractivity contribution >= 4 is 5.69 Å². The van der Waals surface area contributed by atoms with Crippen LogP contribution in [0.5, 0.6) is 17.2 Å². The van der Waals surface area contributed by atoms with E-state index in [-0.39, 0.29) is 0 Å². The Labute approximate surface area is 121 Å². The highest BCUT2D eigenvalue weighted by Gasteiger charge is 2.22. The van der Waals surface area contributed by atoms with Gasteiger partial charge in [0.25, 0.3) is 0 Å². The van der Waals surface area contributed by atoms with Gasteiger partial charge in [0, 0.05) is 23.9 Å². The van der Waals surface area contributed by atoms with Crippen LogP contribution in [-0.4, -0.2) is 27.4 Å². The van der Waals surface area contributed by atoms with E-state index in [0.29, 0.717) is 23.3 Å². The molecule has 1 aromatic carbocycles. The zero-order chi connectivity index (χ0) is 14.5. The summed E-state index contributed by atoms with van der Waals surface area (Å²) in [4.78, 5) is 0. The van der Waals surface area contributed by atoms with Gasteiger partial charge >= 0.3 is 0 Å². The first-order valence-electron chi connectivity index (χ1n) is 7.26. The third kappa shape index (κ3) is 3.11. The van der Waals surface area contributed by atoms with Gasteiger partial charge in [0.05, 0.1) is 21.3 Å². The highest BCUT2D eigenvalue weighted by atomic mass is 16.5. The molecule has 20 heavy (non-hydrogen) atoms. The van der Waals surface area contributed by atoms with Crippen molar-refractivity contribution < 1.29 is 14.2 Å². The Morgan fingerprint density at radius 2 is 1.55 bits per heavy atom. The zero-order valence-corrected chi connectivity index (χ0v) is 12.9. The second-order valence-electron chi connectivity index (χ2n) is 5.39. The number of methoxy groups -OCH3 is 3. The van der Waals surface area contributed by atoms with Crippen molar-refractivity contribution in [1.82, 2.24) is 0 Å². The molecule has 2 rings (SSSR count). The lowest BCUT2D eigenvalue weighted by atomic mass is 9.99. The van der Waals surface area contributed by atoms with E-state index in [1.807, 2.05) is 12.1 Å². The van der Waals surface area contributed by atoms with Crippen LogP contribution in [0.15, 0.2) is 12.1 Å². The maximum Gasteiger partial charge on any atom is 0.203 e. The fraction of sp³-hybridized carbons (Fsp3) is 0.625. The Balaban J connectivity index is 2.18. The quantitative estimate of drug-likeness (QED) is 0.862. The van der Waals surface area contributed by atoms with Crippen LogP contribution in [0.1, 0.15) is 32.6 Å². The molecule has 1 aliphatic rings. The summed E-state index contributed by atoms with van der Waals surface area (Å²) in [6.45, 7) is 2.25. The van der Waals surface area contributed by atoms with Gasteiger partial charge in [-0.15, -0.1) is 0 Å². The molecule has 4 heteroatoms. The van der Waals surface area contributed by atoms with Gasteiger partial charge in [0.2, 0.25) is 5.75 Å². The van der Waals surface area contributed by atoms with E-state index in [4.69, 9.17) is 14.2 Å². The van der Waals surface area contributed by atoms with Crippen molar-refractivity contribution in [2.75, 3.05) is 26.6 Å². The van der Waals surface area contributed by atoms with E-state index in [2.05, 4.69) is 12.2 Å². The fourth-order valence-corrected chi connectivity index (χ4v) is 3.00. The second kappa shape index (κ2) is 6.73. The molecule has 1 N–H and O–H groups in total. The first-order chi connectivity index (χ1) is 9.69. The van der Waals surface area contributed by atoms with Gasteiger partial charge in [-0.05, 0) is 25.7 Å². The molecule has 0 radical (unpaired) electrons. The predicted octanol–water partition coefficient (Wildman–Crippen LogP) is 3.70. The molecule has 0 bridgehead atoms. The van der Waals surface area contributed by atoms with Crippen molar-refractivity contribution in [3.63, 3.8) is 0 Å². The van der Waals surface area contributed by atoms with Crippen LogP contribution in [-0.2, 0) is 0 Å². The van der Waals surface area contributed by atoms with E-state index in [0.717, 1.165) is 11.6 Å². The molecule has 0 saturated heterocycles. The molecule has 1 unspecified atom stereocenters. The minimum Gasteiger partial charge on any atom is -0.493 e. The van der Waals surface area contributed by atoms with Crippen LogP contribution in [0.25, 0.3) is 0 Å². The molecular formula is C16H25NO3. The molecule has 0 spiro atoms. The molecule has 112 valence electrons. The third-order valence-corrected chi connectivity index (χ3v) is 4.17. The predicted molar refractivity (Wildman–Crippen MR) is 81.1 cm³/mol. The topological polar surface area (TPSA) is 39.7 Å². The van der Waals surface area contributed by atoms with E-state index < -0.39 is 0 Å². The van der Waals surface area contributed by atoms with E-state index in [1.165, 1.54) is 25.7 Å². The lowest BCUT2D eigenvalue weighted by Crippen LogP contribution is -2.23. The summed E-state index contributed by atoms with van der Waals surface area (Å²) in [5.74, 6) is 2.77. The summed E-state index contributed by atoms with van der Waals surface area (Å²) in [5.41, 5.74) is 1.01. The molecule has 0 amide bonds. The average molecular weight is 279 g/mol. The molecule has 1 fully saturated rings. The summed E-state index contributed by atoms with van der Waals surface area (Å²) < 4.78 is 16.1. The van der Waals surface area contributed by atoms with Crippen molar-refractivity contribution in [1.29, 1.82) is 0 Å². The SMILES string of the molecule is COc1cc(NC(C)C2CCCC2)cc(OC)c1OC. The summed E-state index contributed by atoms with van der Waals surface area (Å²) in [7, 11) is 4.90. The van der Waals surface area contributed by atoms with Gasteiger partial charge in [-0.2, -0.15) is 0 Å². The number of hydrogen-bond acceptors (Lipinski definition) is 4. The monoisotopic (exact) mass is 279 g/mol. The van der Waals surface area contributed by atoms with Gasteiger partial charge in [0.1, 0.15) is 0 Å². The summed E-state index contributed by atoms with van der Waals surface area (Å²) in [5, 5.41) is 3.57. The lowest BCUT2D eigenvalue weighted by molar-refractivity contribution is 0.324. The van der Waals surface area contributed by atoms with Gasteiger partial charge in [-0.3, -0.25) is 0 Å². The van der Waals surface area contributed by atoms with Crippen LogP contribution in [0.3, 0.4) is 0 Å². The Hall–Kier alpha value is -1.58. The Bertz CT molecular complexity index is 416. The van der Waals surface area contributed by atoms with Crippen molar-refractivity contribution in [2.24, 2.45) is 5.92 Å². The van der Waals surface area contributed by atoms with Crippen molar-refractivity contribution in [3.8, 4) is 17.2 Å². The van der Waals surface area contributed by atoms with E-state index >= 15 is 0 Å². The summed E-state index contributed by atoms with van der Waals surface area (Å²) in [6.07, 6.45) is 5.34. The molecule has 0 heterocycles. The fourth-order valence-electron chi connectivity index (χ4n) is 3.00. The van der Waals surface area contributed by atoms with Gasteiger partial charge in [0.15, 0.2) is 11.5 Å². The molecule has 0 aromatic heterocycles. The summed E-state index contributed by atoms with van der Waals surface area (Å²) >= 11 is 0. The molecule has 1 aromatic rings.